The number of benzene rings is 1. The number of urea groups is 1. The molecule has 2 aromatic heterocycles. The van der Waals surface area contributed by atoms with E-state index in [2.05, 4.69) is 0 Å². The van der Waals surface area contributed by atoms with Crippen molar-refractivity contribution in [2.75, 3.05) is 12.9 Å². The number of aryl methyl sites for hydroxylation is 2. The number of nitrogens with two attached hydrogens (primary N) is 1. The van der Waals surface area contributed by atoms with Gasteiger partial charge in [-0.2, -0.15) is 0 Å². The number of nitrogens with zero attached hydrogens (tertiary/aromatic N) is 2. The van der Waals surface area contributed by atoms with Gasteiger partial charge in [-0.3, -0.25) is 19.5 Å². The number of methoxy groups -OCH3 is 1. The summed E-state index contributed by atoms with van der Waals surface area (Å²) in [6.07, 6.45) is 0.879. The minimum Gasteiger partial charge on any atom is -0.497 e. The van der Waals surface area contributed by atoms with E-state index in [9.17, 15) is 14.4 Å². The number of thiophene rings is 1. The van der Waals surface area contributed by atoms with Crippen molar-refractivity contribution >= 4 is 45.3 Å². The summed E-state index contributed by atoms with van der Waals surface area (Å²) >= 11 is 2.78. The Morgan fingerprint density at radius 3 is 2.80 bits per heavy atom. The highest BCUT2D eigenvalue weighted by Crippen LogP contribution is 2.31. The van der Waals surface area contributed by atoms with Crippen LogP contribution in [0.25, 0.3) is 15.9 Å². The molecule has 0 spiro atoms. The Morgan fingerprint density at radius 2 is 2.13 bits per heavy atom. The van der Waals surface area contributed by atoms with Crippen LogP contribution in [0.2, 0.25) is 0 Å². The number of rotatable bonds is 7. The molecule has 0 unspecified atom stereocenters. The van der Waals surface area contributed by atoms with Gasteiger partial charge in [0.1, 0.15) is 10.6 Å². The van der Waals surface area contributed by atoms with Crippen LogP contribution in [0.15, 0.2) is 34.2 Å². The van der Waals surface area contributed by atoms with Crippen LogP contribution in [0.5, 0.6) is 5.75 Å². The summed E-state index contributed by atoms with van der Waals surface area (Å²) < 4.78 is 6.84. The van der Waals surface area contributed by atoms with Gasteiger partial charge >= 0.3 is 6.03 Å². The van der Waals surface area contributed by atoms with E-state index >= 15 is 0 Å². The van der Waals surface area contributed by atoms with Gasteiger partial charge in [-0.15, -0.1) is 11.3 Å². The standard InChI is InChI=1S/C20H22N4O4S2/c1-4-14-11(2)16-17(30-14)23-20(29-9-8-15(25)22-19(21)27)24(18(16)26)12-6-5-7-13(10-12)28-3/h5-7,10H,4,8-9H2,1-3H3,(H3,21,22,25,27). The Kier molecular flexibility index (Phi) is 6.78. The number of thioether (sulfide) groups is 1. The molecular formula is C20H22N4O4S2. The van der Waals surface area contributed by atoms with Crippen molar-refractivity contribution in [1.29, 1.82) is 0 Å². The maximum Gasteiger partial charge on any atom is 0.318 e. The molecule has 3 amide bonds. The van der Waals surface area contributed by atoms with Gasteiger partial charge in [-0.05, 0) is 31.0 Å². The van der Waals surface area contributed by atoms with Crippen molar-refractivity contribution in [3.8, 4) is 11.4 Å². The zero-order valence-corrected chi connectivity index (χ0v) is 18.5. The first kappa shape index (κ1) is 21.8. The number of ether oxygens (including phenoxy) is 1. The maximum absolute atomic E-state index is 13.5. The first-order valence-corrected chi connectivity index (χ1v) is 11.1. The number of carbonyl (C=O) groups excluding carboxylic acids is 2. The van der Waals surface area contributed by atoms with Gasteiger partial charge in [0.05, 0.1) is 18.2 Å². The molecule has 8 nitrogen and oxygen atoms in total. The molecule has 0 fully saturated rings. The first-order chi connectivity index (χ1) is 14.3. The van der Waals surface area contributed by atoms with E-state index in [0.29, 0.717) is 32.6 Å². The highest BCUT2D eigenvalue weighted by Gasteiger charge is 2.19. The fourth-order valence-electron chi connectivity index (χ4n) is 3.06. The highest BCUT2D eigenvalue weighted by molar-refractivity contribution is 7.99. The van der Waals surface area contributed by atoms with E-state index in [1.807, 2.05) is 25.2 Å². The van der Waals surface area contributed by atoms with Crippen LogP contribution in [0.3, 0.4) is 0 Å². The van der Waals surface area contributed by atoms with E-state index in [1.165, 1.54) is 23.1 Å². The first-order valence-electron chi connectivity index (χ1n) is 9.27. The summed E-state index contributed by atoms with van der Waals surface area (Å²) in [5.41, 5.74) is 6.38. The predicted molar refractivity (Wildman–Crippen MR) is 119 cm³/mol. The molecule has 0 aliphatic carbocycles. The topological polar surface area (TPSA) is 116 Å². The lowest BCUT2D eigenvalue weighted by Crippen LogP contribution is -2.35. The fourth-order valence-corrected chi connectivity index (χ4v) is 5.17. The van der Waals surface area contributed by atoms with Gasteiger partial charge in [0, 0.05) is 23.1 Å². The van der Waals surface area contributed by atoms with E-state index in [0.717, 1.165) is 16.9 Å². The molecule has 0 saturated carbocycles. The van der Waals surface area contributed by atoms with Crippen LogP contribution < -0.4 is 21.3 Å². The van der Waals surface area contributed by atoms with Gasteiger partial charge in [0.15, 0.2) is 5.16 Å². The number of nitrogens with one attached hydrogen (secondary N) is 1. The van der Waals surface area contributed by atoms with E-state index in [-0.39, 0.29) is 12.0 Å². The number of aromatic nitrogens is 2. The molecule has 158 valence electrons. The molecular weight excluding hydrogens is 424 g/mol. The number of hydrogen-bond donors (Lipinski definition) is 2. The lowest BCUT2D eigenvalue weighted by atomic mass is 10.2. The molecule has 3 aromatic rings. The van der Waals surface area contributed by atoms with Crippen molar-refractivity contribution in [2.24, 2.45) is 5.73 Å². The molecule has 30 heavy (non-hydrogen) atoms. The van der Waals surface area contributed by atoms with Crippen molar-refractivity contribution in [3.63, 3.8) is 0 Å². The minimum absolute atomic E-state index is 0.0588. The summed E-state index contributed by atoms with van der Waals surface area (Å²) in [7, 11) is 1.56. The number of primary amides is 1. The molecule has 2 heterocycles. The fraction of sp³-hybridized carbons (Fsp3) is 0.300. The molecule has 3 N–H and O–H groups in total. The minimum atomic E-state index is -0.890. The molecule has 0 aliphatic rings. The molecule has 10 heteroatoms. The summed E-state index contributed by atoms with van der Waals surface area (Å²) in [5, 5.41) is 3.11. The van der Waals surface area contributed by atoms with E-state index in [4.69, 9.17) is 15.5 Å². The summed E-state index contributed by atoms with van der Waals surface area (Å²) in [4.78, 5) is 42.5. The Hall–Kier alpha value is -2.85. The number of carbonyl (C=O) groups is 2. The average Bonchev–Trinajstić information content (AvgIpc) is 3.03. The van der Waals surface area contributed by atoms with Crippen molar-refractivity contribution < 1.29 is 14.3 Å². The van der Waals surface area contributed by atoms with Crippen molar-refractivity contribution in [2.45, 2.75) is 31.8 Å². The third kappa shape index (κ3) is 4.49. The van der Waals surface area contributed by atoms with Crippen LogP contribution in [-0.2, 0) is 11.2 Å². The monoisotopic (exact) mass is 446 g/mol. The van der Waals surface area contributed by atoms with Crippen LogP contribution in [0.1, 0.15) is 23.8 Å². The van der Waals surface area contributed by atoms with Gasteiger partial charge in [0.2, 0.25) is 5.91 Å². The number of fused-ring (bicyclic) bond motifs is 1. The van der Waals surface area contributed by atoms with Gasteiger partial charge < -0.3 is 10.5 Å². The molecule has 0 radical (unpaired) electrons. The smallest absolute Gasteiger partial charge is 0.318 e. The lowest BCUT2D eigenvalue weighted by Gasteiger charge is -2.13. The Balaban J connectivity index is 2.08. The number of hydrogen-bond acceptors (Lipinski definition) is 7. The second kappa shape index (κ2) is 9.31. The van der Waals surface area contributed by atoms with Crippen LogP contribution in [0.4, 0.5) is 4.79 Å². The largest absolute Gasteiger partial charge is 0.497 e. The molecule has 0 saturated heterocycles. The summed E-state index contributed by atoms with van der Waals surface area (Å²) in [5.74, 6) is 0.464. The number of amides is 3. The third-order valence-electron chi connectivity index (χ3n) is 4.49. The quantitative estimate of drug-likeness (QED) is 0.426. The predicted octanol–water partition coefficient (Wildman–Crippen LogP) is 3.00. The zero-order chi connectivity index (χ0) is 21.8. The Bertz CT molecular complexity index is 1170. The SMILES string of the molecule is CCc1sc2nc(SCCC(=O)NC(N)=O)n(-c3cccc(OC)c3)c(=O)c2c1C. The van der Waals surface area contributed by atoms with Gasteiger partial charge in [-0.25, -0.2) is 9.78 Å². The van der Waals surface area contributed by atoms with E-state index < -0.39 is 11.9 Å². The number of imide groups is 1. The van der Waals surface area contributed by atoms with Crippen molar-refractivity contribution in [3.05, 3.63) is 45.1 Å². The molecule has 0 aliphatic heterocycles. The van der Waals surface area contributed by atoms with Gasteiger partial charge in [-0.1, -0.05) is 24.8 Å². The average molecular weight is 447 g/mol. The normalized spacial score (nSPS) is 10.9. The molecule has 0 bridgehead atoms. The lowest BCUT2D eigenvalue weighted by molar-refractivity contribution is -0.119. The van der Waals surface area contributed by atoms with Crippen LogP contribution in [0, 0.1) is 6.92 Å². The van der Waals surface area contributed by atoms with Crippen molar-refractivity contribution in [1.82, 2.24) is 14.9 Å². The third-order valence-corrected chi connectivity index (χ3v) is 6.76. The Labute approximate surface area is 181 Å². The summed E-state index contributed by atoms with van der Waals surface area (Å²) in [6.45, 7) is 3.99. The molecule has 0 atom stereocenters. The highest BCUT2D eigenvalue weighted by atomic mass is 32.2. The van der Waals surface area contributed by atoms with E-state index in [1.54, 1.807) is 29.9 Å². The van der Waals surface area contributed by atoms with Crippen LogP contribution in [-0.4, -0.2) is 34.4 Å². The van der Waals surface area contributed by atoms with Crippen LogP contribution >= 0.6 is 23.1 Å². The maximum atomic E-state index is 13.5. The zero-order valence-electron chi connectivity index (χ0n) is 16.9. The molecule has 3 rings (SSSR count). The Morgan fingerprint density at radius 1 is 1.37 bits per heavy atom. The molecule has 1 aromatic carbocycles. The second-order valence-corrected chi connectivity index (χ2v) is 8.58. The summed E-state index contributed by atoms with van der Waals surface area (Å²) in [6, 6.07) is 6.29. The second-order valence-electron chi connectivity index (χ2n) is 6.43. The van der Waals surface area contributed by atoms with Gasteiger partial charge in [0.25, 0.3) is 5.56 Å².